The third-order valence-corrected chi connectivity index (χ3v) is 4.86. The number of fused-ring (bicyclic) bond motifs is 1. The maximum atomic E-state index is 12.2. The standard InChI is InChI=1S/C20H24N6O/c27-20(15-26-12-7-16-5-1-2-6-18(16)26)22-9-8-21-19-13-17(14-23-24-19)25-10-3-4-11-25/h1-2,5-7,12-14H,3-4,8-11,15H2,(H,21,24)(H,22,27). The van der Waals surface area contributed by atoms with Gasteiger partial charge in [-0.05, 0) is 30.4 Å². The minimum absolute atomic E-state index is 0.00458. The van der Waals surface area contributed by atoms with E-state index in [9.17, 15) is 4.79 Å². The van der Waals surface area contributed by atoms with Crippen molar-refractivity contribution in [3.05, 3.63) is 48.8 Å². The van der Waals surface area contributed by atoms with Crippen molar-refractivity contribution in [1.82, 2.24) is 20.1 Å². The lowest BCUT2D eigenvalue weighted by Gasteiger charge is -2.17. The fraction of sp³-hybridized carbons (Fsp3) is 0.350. The van der Waals surface area contributed by atoms with E-state index >= 15 is 0 Å². The van der Waals surface area contributed by atoms with Gasteiger partial charge in [0, 0.05) is 44.0 Å². The SMILES string of the molecule is O=C(Cn1ccc2ccccc21)NCCNc1cc(N2CCCC2)cnn1. The summed E-state index contributed by atoms with van der Waals surface area (Å²) < 4.78 is 1.96. The van der Waals surface area contributed by atoms with Crippen LogP contribution in [0, 0.1) is 0 Å². The highest BCUT2D eigenvalue weighted by molar-refractivity contribution is 5.83. The summed E-state index contributed by atoms with van der Waals surface area (Å²) in [5, 5.41) is 15.5. The van der Waals surface area contributed by atoms with E-state index in [2.05, 4.69) is 25.7 Å². The summed E-state index contributed by atoms with van der Waals surface area (Å²) in [5.74, 6) is 0.736. The van der Waals surface area contributed by atoms with Crippen molar-refractivity contribution in [2.45, 2.75) is 19.4 Å². The molecule has 1 aliphatic rings. The van der Waals surface area contributed by atoms with Gasteiger partial charge in [0.05, 0.1) is 11.9 Å². The average Bonchev–Trinajstić information content (AvgIpc) is 3.36. The van der Waals surface area contributed by atoms with E-state index in [1.807, 2.05) is 47.2 Å². The maximum Gasteiger partial charge on any atom is 0.240 e. The van der Waals surface area contributed by atoms with Gasteiger partial charge < -0.3 is 20.1 Å². The molecule has 0 unspecified atom stereocenters. The second-order valence-corrected chi connectivity index (χ2v) is 6.77. The number of hydrogen-bond acceptors (Lipinski definition) is 5. The number of aromatic nitrogens is 3. The zero-order valence-electron chi connectivity index (χ0n) is 15.3. The predicted molar refractivity (Wildman–Crippen MR) is 107 cm³/mol. The number of anilines is 2. The lowest BCUT2D eigenvalue weighted by molar-refractivity contribution is -0.121. The quantitative estimate of drug-likeness (QED) is 0.629. The summed E-state index contributed by atoms with van der Waals surface area (Å²) in [6.07, 6.45) is 6.21. The number of para-hydroxylation sites is 1. The van der Waals surface area contributed by atoms with Gasteiger partial charge in [0.1, 0.15) is 6.54 Å². The van der Waals surface area contributed by atoms with Crippen LogP contribution < -0.4 is 15.5 Å². The number of carbonyl (C=O) groups is 1. The first-order valence-electron chi connectivity index (χ1n) is 9.42. The van der Waals surface area contributed by atoms with Crippen LogP contribution in [0.5, 0.6) is 0 Å². The van der Waals surface area contributed by atoms with Crippen LogP contribution in [0.25, 0.3) is 10.9 Å². The van der Waals surface area contributed by atoms with E-state index in [0.29, 0.717) is 19.6 Å². The minimum atomic E-state index is -0.00458. The van der Waals surface area contributed by atoms with Crippen molar-refractivity contribution >= 4 is 28.3 Å². The van der Waals surface area contributed by atoms with Crippen LogP contribution in [0.2, 0.25) is 0 Å². The van der Waals surface area contributed by atoms with Gasteiger partial charge in [0.15, 0.2) is 5.82 Å². The summed E-state index contributed by atoms with van der Waals surface area (Å²) in [7, 11) is 0. The van der Waals surface area contributed by atoms with Crippen LogP contribution in [-0.2, 0) is 11.3 Å². The van der Waals surface area contributed by atoms with Crippen LogP contribution in [0.3, 0.4) is 0 Å². The van der Waals surface area contributed by atoms with E-state index in [1.165, 1.54) is 12.8 Å². The Morgan fingerprint density at radius 3 is 2.85 bits per heavy atom. The summed E-state index contributed by atoms with van der Waals surface area (Å²) in [6.45, 7) is 3.62. The van der Waals surface area contributed by atoms with Crippen LogP contribution in [0.4, 0.5) is 11.5 Å². The van der Waals surface area contributed by atoms with E-state index in [-0.39, 0.29) is 5.91 Å². The molecule has 3 aromatic rings. The number of carbonyl (C=O) groups excluding carboxylic acids is 1. The summed E-state index contributed by atoms with van der Waals surface area (Å²) in [6, 6.07) is 12.1. The summed E-state index contributed by atoms with van der Waals surface area (Å²) in [5.41, 5.74) is 2.17. The molecule has 0 spiro atoms. The predicted octanol–water partition coefficient (Wildman–Crippen LogP) is 2.26. The highest BCUT2D eigenvalue weighted by Gasteiger charge is 2.13. The van der Waals surface area contributed by atoms with Crippen LogP contribution >= 0.6 is 0 Å². The monoisotopic (exact) mass is 364 g/mol. The van der Waals surface area contributed by atoms with Crippen molar-refractivity contribution in [2.24, 2.45) is 0 Å². The second-order valence-electron chi connectivity index (χ2n) is 6.77. The van der Waals surface area contributed by atoms with Crippen molar-refractivity contribution in [2.75, 3.05) is 36.4 Å². The Labute approximate surface area is 158 Å². The summed E-state index contributed by atoms with van der Waals surface area (Å²) in [4.78, 5) is 14.5. The largest absolute Gasteiger partial charge is 0.370 e. The molecule has 1 amide bonds. The molecule has 27 heavy (non-hydrogen) atoms. The molecule has 4 rings (SSSR count). The van der Waals surface area contributed by atoms with Gasteiger partial charge >= 0.3 is 0 Å². The Morgan fingerprint density at radius 2 is 1.96 bits per heavy atom. The number of benzene rings is 1. The zero-order chi connectivity index (χ0) is 18.5. The Bertz CT molecular complexity index is 915. The van der Waals surface area contributed by atoms with Crippen LogP contribution in [0.1, 0.15) is 12.8 Å². The minimum Gasteiger partial charge on any atom is -0.370 e. The van der Waals surface area contributed by atoms with Gasteiger partial charge in [0.25, 0.3) is 0 Å². The fourth-order valence-corrected chi connectivity index (χ4v) is 3.47. The van der Waals surface area contributed by atoms with Gasteiger partial charge in [-0.2, -0.15) is 5.10 Å². The fourth-order valence-electron chi connectivity index (χ4n) is 3.47. The van der Waals surface area contributed by atoms with Gasteiger partial charge in [-0.15, -0.1) is 5.10 Å². The molecule has 1 aromatic carbocycles. The van der Waals surface area contributed by atoms with E-state index in [4.69, 9.17) is 0 Å². The average molecular weight is 364 g/mol. The topological polar surface area (TPSA) is 75.1 Å². The van der Waals surface area contributed by atoms with Crippen molar-refractivity contribution in [3.63, 3.8) is 0 Å². The molecular formula is C20H24N6O. The molecule has 2 N–H and O–H groups in total. The highest BCUT2D eigenvalue weighted by atomic mass is 16.1. The number of rotatable bonds is 7. The number of hydrogen-bond donors (Lipinski definition) is 2. The second kappa shape index (κ2) is 8.07. The number of amides is 1. The molecule has 1 fully saturated rings. The Hall–Kier alpha value is -3.09. The molecule has 1 aliphatic heterocycles. The third kappa shape index (κ3) is 4.19. The molecule has 0 radical (unpaired) electrons. The molecule has 0 atom stereocenters. The molecule has 0 aliphatic carbocycles. The molecule has 7 heteroatoms. The Balaban J connectivity index is 1.24. The molecule has 0 bridgehead atoms. The molecule has 1 saturated heterocycles. The number of nitrogens with one attached hydrogen (secondary N) is 2. The highest BCUT2D eigenvalue weighted by Crippen LogP contribution is 2.20. The van der Waals surface area contributed by atoms with Crippen molar-refractivity contribution in [1.29, 1.82) is 0 Å². The molecule has 3 heterocycles. The first kappa shape index (κ1) is 17.3. The first-order chi connectivity index (χ1) is 13.3. The molecular weight excluding hydrogens is 340 g/mol. The molecule has 140 valence electrons. The third-order valence-electron chi connectivity index (χ3n) is 4.86. The Kier molecular flexibility index (Phi) is 5.18. The lowest BCUT2D eigenvalue weighted by Crippen LogP contribution is -2.31. The van der Waals surface area contributed by atoms with Crippen molar-refractivity contribution in [3.8, 4) is 0 Å². The molecule has 0 saturated carbocycles. The van der Waals surface area contributed by atoms with Crippen LogP contribution in [0.15, 0.2) is 48.8 Å². The van der Waals surface area contributed by atoms with E-state index in [0.717, 1.165) is 35.5 Å². The van der Waals surface area contributed by atoms with E-state index in [1.54, 1.807) is 6.20 Å². The smallest absolute Gasteiger partial charge is 0.240 e. The van der Waals surface area contributed by atoms with Crippen molar-refractivity contribution < 1.29 is 4.79 Å². The molecule has 2 aromatic heterocycles. The maximum absolute atomic E-state index is 12.2. The van der Waals surface area contributed by atoms with E-state index < -0.39 is 0 Å². The lowest BCUT2D eigenvalue weighted by atomic mass is 10.2. The number of nitrogens with zero attached hydrogens (tertiary/aromatic N) is 4. The Morgan fingerprint density at radius 1 is 1.11 bits per heavy atom. The first-order valence-corrected chi connectivity index (χ1v) is 9.42. The van der Waals surface area contributed by atoms with Gasteiger partial charge in [-0.1, -0.05) is 18.2 Å². The summed E-state index contributed by atoms with van der Waals surface area (Å²) >= 11 is 0. The zero-order valence-corrected chi connectivity index (χ0v) is 15.3. The normalized spacial score (nSPS) is 13.9. The van der Waals surface area contributed by atoms with Gasteiger partial charge in [-0.25, -0.2) is 0 Å². The van der Waals surface area contributed by atoms with Gasteiger partial charge in [-0.3, -0.25) is 4.79 Å². The van der Waals surface area contributed by atoms with Gasteiger partial charge in [0.2, 0.25) is 5.91 Å². The van der Waals surface area contributed by atoms with Crippen LogP contribution in [-0.4, -0.2) is 46.9 Å². The molecule has 7 nitrogen and oxygen atoms in total.